The van der Waals surface area contributed by atoms with Crippen LogP contribution < -0.4 is 0 Å². The molecule has 135 valence electrons. The van der Waals surface area contributed by atoms with Gasteiger partial charge < -0.3 is 13.1 Å². The second kappa shape index (κ2) is 26.9. The summed E-state index contributed by atoms with van der Waals surface area (Å²) < 4.78 is 0. The second-order valence-electron chi connectivity index (χ2n) is 5.12. The van der Waals surface area contributed by atoms with Crippen molar-refractivity contribution in [2.75, 3.05) is 0 Å². The first-order chi connectivity index (χ1) is 9.54. The van der Waals surface area contributed by atoms with Gasteiger partial charge in [0, 0.05) is 29.9 Å². The fraction of sp³-hybridized carbons (Fsp3) is 0.875. The third kappa shape index (κ3) is 37.3. The number of rotatable bonds is 12. The minimum atomic E-state index is -0.670. The fourth-order valence-electron chi connectivity index (χ4n) is 1.76. The van der Waals surface area contributed by atoms with Crippen molar-refractivity contribution in [1.82, 2.24) is 0 Å². The molecule has 4 nitrogen and oxygen atoms in total. The van der Waals surface area contributed by atoms with E-state index >= 15 is 0 Å². The predicted molar refractivity (Wildman–Crippen MR) is 90.0 cm³/mol. The zero-order chi connectivity index (χ0) is 15.6. The van der Waals surface area contributed by atoms with Crippen LogP contribution in [0, 0.1) is 0 Å². The molecule has 0 heterocycles. The van der Waals surface area contributed by atoms with Gasteiger partial charge in [-0.15, -0.1) is 0 Å². The maximum absolute atomic E-state index is 10.0. The molecular weight excluding hydrogens is 457 g/mol. The standard InChI is InChI=1S/2C8H16O2.Ba.Cu.2H/c2*1-2-3-4-5-6-7-8(9)10;;;;/h2*2-7H2,1H3,(H,9,10);;;;/q;;+2;;2*-1. The van der Waals surface area contributed by atoms with Crippen molar-refractivity contribution in [3.05, 3.63) is 0 Å². The maximum atomic E-state index is 10.0. The molecule has 6 heteroatoms. The molecule has 0 bridgehead atoms. The Balaban J connectivity index is -0.0000000579. The summed E-state index contributed by atoms with van der Waals surface area (Å²) in [6, 6.07) is 0. The average molecular weight is 491 g/mol. The number of carboxylic acids is 2. The summed E-state index contributed by atoms with van der Waals surface area (Å²) in [6.07, 6.45) is 11.8. The molecule has 0 fully saturated rings. The molecule has 0 aliphatic carbocycles. The SMILES string of the molecule is CCCCCCCC(=O)O.CCCCCCCC(=O)O.[Ba+2].[Cu].[H-].[H-]. The Morgan fingerprint density at radius 1 is 0.682 bits per heavy atom. The third-order valence-corrected chi connectivity index (χ3v) is 2.99. The van der Waals surface area contributed by atoms with Crippen LogP contribution in [0.1, 0.15) is 93.8 Å². The molecule has 22 heavy (non-hydrogen) atoms. The Hall–Kier alpha value is 1.03. The molecule has 0 saturated heterocycles. The van der Waals surface area contributed by atoms with Gasteiger partial charge in [0.1, 0.15) is 0 Å². The largest absolute Gasteiger partial charge is 2.00 e. The van der Waals surface area contributed by atoms with Crippen LogP contribution in [0.3, 0.4) is 0 Å². The number of hydrogen-bond acceptors (Lipinski definition) is 2. The van der Waals surface area contributed by atoms with Gasteiger partial charge in [-0.2, -0.15) is 0 Å². The van der Waals surface area contributed by atoms with Crippen molar-refractivity contribution in [2.24, 2.45) is 0 Å². The number of carboxylic acid groups (broad SMARTS) is 2. The summed E-state index contributed by atoms with van der Waals surface area (Å²) in [4.78, 5) is 20.1. The van der Waals surface area contributed by atoms with E-state index in [0.717, 1.165) is 25.7 Å². The van der Waals surface area contributed by atoms with Crippen molar-refractivity contribution in [3.63, 3.8) is 0 Å². The maximum Gasteiger partial charge on any atom is 2.00 e. The molecule has 2 N–H and O–H groups in total. The molecule has 0 aliphatic rings. The number of unbranched alkanes of at least 4 members (excludes halogenated alkanes) is 8. The smallest absolute Gasteiger partial charge is 1.00 e. The molecule has 0 saturated carbocycles. The van der Waals surface area contributed by atoms with Crippen molar-refractivity contribution >= 4 is 60.8 Å². The van der Waals surface area contributed by atoms with Crippen LogP contribution in [-0.2, 0) is 26.7 Å². The monoisotopic (exact) mass is 491 g/mol. The van der Waals surface area contributed by atoms with Gasteiger partial charge in [-0.1, -0.05) is 65.2 Å². The van der Waals surface area contributed by atoms with Crippen LogP contribution in [-0.4, -0.2) is 71.0 Å². The van der Waals surface area contributed by atoms with Gasteiger partial charge in [-0.05, 0) is 12.8 Å². The first-order valence-electron chi connectivity index (χ1n) is 7.98. The van der Waals surface area contributed by atoms with Crippen molar-refractivity contribution < 1.29 is 39.7 Å². The summed E-state index contributed by atoms with van der Waals surface area (Å²) in [5, 5.41) is 16.5. The molecular formula is C16H34BaCuO4. The van der Waals surface area contributed by atoms with E-state index in [1.807, 2.05) is 0 Å². The van der Waals surface area contributed by atoms with Crippen LogP contribution >= 0.6 is 0 Å². The molecule has 0 rings (SSSR count). The van der Waals surface area contributed by atoms with E-state index in [1.54, 1.807) is 0 Å². The Labute approximate surface area is 189 Å². The van der Waals surface area contributed by atoms with E-state index in [1.165, 1.54) is 38.5 Å². The number of aliphatic carboxylic acids is 2. The van der Waals surface area contributed by atoms with E-state index in [0.29, 0.717) is 12.8 Å². The summed E-state index contributed by atoms with van der Waals surface area (Å²) in [6.45, 7) is 4.30. The Kier molecular flexibility index (Phi) is 37.7. The molecule has 0 atom stereocenters. The van der Waals surface area contributed by atoms with Gasteiger partial charge in [-0.25, -0.2) is 0 Å². The molecule has 0 unspecified atom stereocenters. The van der Waals surface area contributed by atoms with Gasteiger partial charge >= 0.3 is 60.8 Å². The minimum Gasteiger partial charge on any atom is -1.00 e. The van der Waals surface area contributed by atoms with Crippen LogP contribution in [0.4, 0.5) is 0 Å². The number of hydrogen-bond donors (Lipinski definition) is 2. The van der Waals surface area contributed by atoms with E-state index in [-0.39, 0.29) is 68.8 Å². The summed E-state index contributed by atoms with van der Waals surface area (Å²) in [5.74, 6) is -1.34. The summed E-state index contributed by atoms with van der Waals surface area (Å²) in [7, 11) is 0. The molecule has 0 aromatic rings. The van der Waals surface area contributed by atoms with Gasteiger partial charge in [0.2, 0.25) is 0 Å². The zero-order valence-electron chi connectivity index (χ0n) is 16.2. The van der Waals surface area contributed by atoms with Gasteiger partial charge in [0.25, 0.3) is 0 Å². The predicted octanol–water partition coefficient (Wildman–Crippen LogP) is 4.70. The molecule has 0 aliphatic heterocycles. The summed E-state index contributed by atoms with van der Waals surface area (Å²) in [5.41, 5.74) is 0. The second-order valence-corrected chi connectivity index (χ2v) is 5.12. The topological polar surface area (TPSA) is 74.6 Å². The van der Waals surface area contributed by atoms with E-state index in [4.69, 9.17) is 10.2 Å². The first kappa shape index (κ1) is 30.9. The molecule has 0 aromatic carbocycles. The van der Waals surface area contributed by atoms with Crippen molar-refractivity contribution in [1.29, 1.82) is 0 Å². The summed E-state index contributed by atoms with van der Waals surface area (Å²) >= 11 is 0. The Bertz CT molecular complexity index is 224. The number of carbonyl (C=O) groups is 2. The minimum absolute atomic E-state index is 0. The molecule has 0 spiro atoms. The molecule has 1 radical (unpaired) electrons. The van der Waals surface area contributed by atoms with E-state index < -0.39 is 11.9 Å². The zero-order valence-corrected chi connectivity index (χ0v) is 19.6. The van der Waals surface area contributed by atoms with Crippen LogP contribution in [0.15, 0.2) is 0 Å². The van der Waals surface area contributed by atoms with Crippen LogP contribution in [0.25, 0.3) is 0 Å². The van der Waals surface area contributed by atoms with Crippen molar-refractivity contribution in [2.45, 2.75) is 90.9 Å². The first-order valence-corrected chi connectivity index (χ1v) is 7.98. The fourth-order valence-corrected chi connectivity index (χ4v) is 1.76. The average Bonchev–Trinajstić information content (AvgIpc) is 2.38. The van der Waals surface area contributed by atoms with Gasteiger partial charge in [0.05, 0.1) is 0 Å². The van der Waals surface area contributed by atoms with Gasteiger partial charge in [-0.3, -0.25) is 9.59 Å². The van der Waals surface area contributed by atoms with E-state index in [9.17, 15) is 9.59 Å². The Morgan fingerprint density at radius 3 is 1.18 bits per heavy atom. The van der Waals surface area contributed by atoms with Crippen LogP contribution in [0.5, 0.6) is 0 Å². The van der Waals surface area contributed by atoms with Crippen molar-refractivity contribution in [3.8, 4) is 0 Å². The van der Waals surface area contributed by atoms with Gasteiger partial charge in [0.15, 0.2) is 0 Å². The third-order valence-electron chi connectivity index (χ3n) is 2.99. The quantitative estimate of drug-likeness (QED) is 0.307. The molecule has 0 aromatic heterocycles. The van der Waals surface area contributed by atoms with E-state index in [2.05, 4.69) is 13.8 Å². The van der Waals surface area contributed by atoms with Crippen LogP contribution in [0.2, 0.25) is 0 Å². The molecule has 0 amide bonds. The Morgan fingerprint density at radius 2 is 0.955 bits per heavy atom. The normalized spacial score (nSPS) is 8.82.